The van der Waals surface area contributed by atoms with E-state index in [4.69, 9.17) is 0 Å². The van der Waals surface area contributed by atoms with Gasteiger partial charge >= 0.3 is 0 Å². The highest BCUT2D eigenvalue weighted by molar-refractivity contribution is 8.18. The number of benzene rings is 2. The summed E-state index contributed by atoms with van der Waals surface area (Å²) in [5.41, 5.74) is 2.01. The van der Waals surface area contributed by atoms with E-state index in [1.54, 1.807) is 10.4 Å². The van der Waals surface area contributed by atoms with Gasteiger partial charge < -0.3 is 4.90 Å². The lowest BCUT2D eigenvalue weighted by atomic mass is 10.1. The molecule has 0 N–H and O–H groups in total. The zero-order chi connectivity index (χ0) is 22.2. The van der Waals surface area contributed by atoms with Crippen molar-refractivity contribution in [2.45, 2.75) is 15.4 Å². The number of anilines is 1. The second-order valence-electron chi connectivity index (χ2n) is 8.44. The molecule has 1 spiro atoms. The maximum atomic E-state index is 13.4. The van der Waals surface area contributed by atoms with Crippen LogP contribution in [0.15, 0.2) is 53.4 Å². The molecule has 2 aromatic carbocycles. The van der Waals surface area contributed by atoms with E-state index in [0.717, 1.165) is 55.5 Å². The van der Waals surface area contributed by atoms with Gasteiger partial charge in [-0.25, -0.2) is 12.8 Å². The third-order valence-corrected chi connectivity index (χ3v) is 11.7. The molecule has 2 aromatic rings. The molecule has 0 bridgehead atoms. The fourth-order valence-corrected chi connectivity index (χ4v) is 10.1. The zero-order valence-corrected chi connectivity index (χ0v) is 20.4. The van der Waals surface area contributed by atoms with Gasteiger partial charge in [-0.2, -0.15) is 4.31 Å². The zero-order valence-electron chi connectivity index (χ0n) is 18.0. The molecule has 0 amide bonds. The number of hydrogen-bond acceptors (Lipinski definition) is 6. The maximum absolute atomic E-state index is 13.4. The SMILES string of the molecule is O=S1(=O)c2ccccc2C2(CN1CCN1CCN(c3ccc(F)cc3)CC1)SCCCS2. The van der Waals surface area contributed by atoms with E-state index < -0.39 is 10.0 Å². The van der Waals surface area contributed by atoms with Gasteiger partial charge in [-0.15, -0.1) is 23.5 Å². The lowest BCUT2D eigenvalue weighted by molar-refractivity contribution is 0.234. The second kappa shape index (κ2) is 9.18. The average molecular weight is 494 g/mol. The number of piperazine rings is 1. The van der Waals surface area contributed by atoms with E-state index in [1.807, 2.05) is 53.9 Å². The van der Waals surface area contributed by atoms with Crippen LogP contribution in [-0.2, 0) is 14.1 Å². The van der Waals surface area contributed by atoms with Crippen LogP contribution in [0.4, 0.5) is 10.1 Å². The highest BCUT2D eigenvalue weighted by atomic mass is 32.2. The normalized spacial score (nSPS) is 23.2. The van der Waals surface area contributed by atoms with E-state index in [-0.39, 0.29) is 9.90 Å². The van der Waals surface area contributed by atoms with Crippen LogP contribution in [0.25, 0.3) is 0 Å². The lowest BCUT2D eigenvalue weighted by Gasteiger charge is -2.45. The van der Waals surface area contributed by atoms with Crippen molar-refractivity contribution in [2.24, 2.45) is 0 Å². The first-order valence-electron chi connectivity index (χ1n) is 11.1. The first-order chi connectivity index (χ1) is 15.5. The summed E-state index contributed by atoms with van der Waals surface area (Å²) in [4.78, 5) is 5.08. The molecule has 0 saturated carbocycles. The van der Waals surface area contributed by atoms with Crippen LogP contribution in [0.3, 0.4) is 0 Å². The minimum Gasteiger partial charge on any atom is -0.369 e. The van der Waals surface area contributed by atoms with Crippen molar-refractivity contribution in [1.82, 2.24) is 9.21 Å². The van der Waals surface area contributed by atoms with E-state index in [1.165, 1.54) is 18.6 Å². The molecule has 0 aromatic heterocycles. The third kappa shape index (κ3) is 4.30. The van der Waals surface area contributed by atoms with Crippen molar-refractivity contribution < 1.29 is 12.8 Å². The van der Waals surface area contributed by atoms with Crippen LogP contribution in [-0.4, -0.2) is 74.9 Å². The lowest BCUT2D eigenvalue weighted by Crippen LogP contribution is -2.52. The predicted molar refractivity (Wildman–Crippen MR) is 131 cm³/mol. The first kappa shape index (κ1) is 22.5. The summed E-state index contributed by atoms with van der Waals surface area (Å²) in [6, 6.07) is 14.2. The quantitative estimate of drug-likeness (QED) is 0.648. The Kier molecular flexibility index (Phi) is 6.46. The number of nitrogens with zero attached hydrogens (tertiary/aromatic N) is 3. The monoisotopic (exact) mass is 493 g/mol. The Bertz CT molecular complexity index is 1050. The van der Waals surface area contributed by atoms with Gasteiger partial charge in [0.2, 0.25) is 10.0 Å². The standard InChI is InChI=1S/C23H28FN3O2S3/c24-19-6-8-20(9-7-19)26-13-10-25(11-14-26)12-15-27-18-23(30-16-3-17-31-23)21-4-1-2-5-22(21)32(27,28)29/h1-2,4-9H,3,10-18H2. The Balaban J connectivity index is 1.26. The molecule has 0 atom stereocenters. The molecule has 5 rings (SSSR count). The summed E-state index contributed by atoms with van der Waals surface area (Å²) in [5.74, 6) is 1.92. The van der Waals surface area contributed by atoms with Crippen LogP contribution in [0.5, 0.6) is 0 Å². The third-order valence-electron chi connectivity index (χ3n) is 6.49. The highest BCUT2D eigenvalue weighted by Crippen LogP contribution is 2.55. The molecule has 172 valence electrons. The number of thioether (sulfide) groups is 2. The molecule has 3 aliphatic rings. The molecular weight excluding hydrogens is 465 g/mol. The minimum absolute atomic E-state index is 0.193. The molecule has 5 nitrogen and oxygen atoms in total. The van der Waals surface area contributed by atoms with Crippen LogP contribution in [0.1, 0.15) is 12.0 Å². The number of rotatable bonds is 4. The first-order valence-corrected chi connectivity index (χ1v) is 14.5. The van der Waals surface area contributed by atoms with Crippen molar-refractivity contribution in [1.29, 1.82) is 0 Å². The molecule has 0 radical (unpaired) electrons. The topological polar surface area (TPSA) is 43.9 Å². The molecule has 3 heterocycles. The van der Waals surface area contributed by atoms with Crippen LogP contribution in [0.2, 0.25) is 0 Å². The van der Waals surface area contributed by atoms with Gasteiger partial charge in [0.05, 0.1) is 4.90 Å². The van der Waals surface area contributed by atoms with Crippen molar-refractivity contribution in [3.63, 3.8) is 0 Å². The predicted octanol–water partition coefficient (Wildman–Crippen LogP) is 3.68. The number of fused-ring (bicyclic) bond motifs is 2. The highest BCUT2D eigenvalue weighted by Gasteiger charge is 2.48. The Morgan fingerprint density at radius 1 is 0.906 bits per heavy atom. The molecule has 0 aliphatic carbocycles. The van der Waals surface area contributed by atoms with Gasteiger partial charge in [-0.1, -0.05) is 18.2 Å². The molecule has 0 unspecified atom stereocenters. The van der Waals surface area contributed by atoms with Gasteiger partial charge in [0.1, 0.15) is 9.90 Å². The van der Waals surface area contributed by atoms with Gasteiger partial charge in [0.15, 0.2) is 0 Å². The Labute approximate surface area is 198 Å². The molecule has 3 aliphatic heterocycles. The van der Waals surface area contributed by atoms with Crippen LogP contribution in [0, 0.1) is 5.82 Å². The summed E-state index contributed by atoms with van der Waals surface area (Å²) < 4.78 is 41.6. The Hall–Kier alpha value is -1.26. The van der Waals surface area contributed by atoms with Crippen molar-refractivity contribution >= 4 is 39.2 Å². The van der Waals surface area contributed by atoms with E-state index in [2.05, 4.69) is 9.80 Å². The summed E-state index contributed by atoms with van der Waals surface area (Å²) >= 11 is 3.81. The molecule has 9 heteroatoms. The summed E-state index contributed by atoms with van der Waals surface area (Å²) in [5, 5.41) is 0. The summed E-state index contributed by atoms with van der Waals surface area (Å²) in [6.07, 6.45) is 1.17. The number of hydrogen-bond donors (Lipinski definition) is 0. The fraction of sp³-hybridized carbons (Fsp3) is 0.478. The van der Waals surface area contributed by atoms with Gasteiger partial charge in [-0.05, 0) is 53.8 Å². The number of halogens is 1. The van der Waals surface area contributed by atoms with Crippen LogP contribution < -0.4 is 4.90 Å². The minimum atomic E-state index is -3.48. The Morgan fingerprint density at radius 2 is 1.59 bits per heavy atom. The Morgan fingerprint density at radius 3 is 2.31 bits per heavy atom. The van der Waals surface area contributed by atoms with Gasteiger partial charge in [0.25, 0.3) is 0 Å². The average Bonchev–Trinajstić information content (AvgIpc) is 2.82. The van der Waals surface area contributed by atoms with Crippen molar-refractivity contribution in [3.8, 4) is 0 Å². The maximum Gasteiger partial charge on any atom is 0.243 e. The van der Waals surface area contributed by atoms with E-state index in [0.29, 0.717) is 18.0 Å². The molecular formula is C23H28FN3O2S3. The van der Waals surface area contributed by atoms with Gasteiger partial charge in [0, 0.05) is 51.5 Å². The summed E-state index contributed by atoms with van der Waals surface area (Å²) in [7, 11) is -3.48. The molecule has 2 fully saturated rings. The number of sulfonamides is 1. The second-order valence-corrected chi connectivity index (χ2v) is 13.4. The van der Waals surface area contributed by atoms with Crippen molar-refractivity contribution in [3.05, 3.63) is 59.9 Å². The van der Waals surface area contributed by atoms with E-state index >= 15 is 0 Å². The van der Waals surface area contributed by atoms with E-state index in [9.17, 15) is 12.8 Å². The largest absolute Gasteiger partial charge is 0.369 e. The molecule has 2 saturated heterocycles. The van der Waals surface area contributed by atoms with Crippen molar-refractivity contribution in [2.75, 3.05) is 62.2 Å². The molecule has 32 heavy (non-hydrogen) atoms. The summed E-state index contributed by atoms with van der Waals surface area (Å²) in [6.45, 7) is 5.23. The van der Waals surface area contributed by atoms with Crippen LogP contribution >= 0.6 is 23.5 Å². The smallest absolute Gasteiger partial charge is 0.243 e. The van der Waals surface area contributed by atoms with Gasteiger partial charge in [-0.3, -0.25) is 4.90 Å². The fourth-order valence-electron chi connectivity index (χ4n) is 4.70.